The molecule has 0 bridgehead atoms. The quantitative estimate of drug-likeness (QED) is 0.685. The molecule has 1 heterocycles. The predicted molar refractivity (Wildman–Crippen MR) is 57.9 cm³/mol. The van der Waals surface area contributed by atoms with Crippen molar-refractivity contribution in [2.45, 2.75) is 30.0 Å². The first kappa shape index (κ1) is 9.10. The van der Waals surface area contributed by atoms with E-state index in [1.54, 1.807) is 0 Å². The summed E-state index contributed by atoms with van der Waals surface area (Å²) in [6, 6.07) is 8.69. The molecule has 0 amide bonds. The van der Waals surface area contributed by atoms with E-state index in [9.17, 15) is 0 Å². The summed E-state index contributed by atoms with van der Waals surface area (Å²) >= 11 is 1.94. The maximum atomic E-state index is 6.17. The summed E-state index contributed by atoms with van der Waals surface area (Å²) in [5.74, 6) is 0.569. The van der Waals surface area contributed by atoms with Crippen molar-refractivity contribution in [2.75, 3.05) is 0 Å². The number of thioether (sulfide) groups is 1. The van der Waals surface area contributed by atoms with E-state index in [1.807, 2.05) is 11.8 Å². The topological polar surface area (TPSA) is 26.0 Å². The molecule has 0 aliphatic carbocycles. The van der Waals surface area contributed by atoms with Gasteiger partial charge in [0.15, 0.2) is 0 Å². The fraction of sp³-hybridized carbons (Fsp3) is 0.455. The molecule has 0 fully saturated rings. The van der Waals surface area contributed by atoms with Crippen molar-refractivity contribution in [1.82, 2.24) is 0 Å². The molecule has 1 aromatic carbocycles. The Morgan fingerprint density at radius 1 is 1.23 bits per heavy atom. The number of hydrogen-bond acceptors (Lipinski definition) is 2. The second-order valence-electron chi connectivity index (χ2n) is 3.75. The molecule has 1 aromatic rings. The monoisotopic (exact) mass is 193 g/mol. The van der Waals surface area contributed by atoms with Crippen LogP contribution in [-0.2, 0) is 0 Å². The zero-order valence-corrected chi connectivity index (χ0v) is 8.84. The fourth-order valence-corrected chi connectivity index (χ4v) is 3.03. The van der Waals surface area contributed by atoms with Crippen LogP contribution in [0.3, 0.4) is 0 Å². The van der Waals surface area contributed by atoms with Crippen LogP contribution in [0.25, 0.3) is 0 Å². The van der Waals surface area contributed by atoms with Crippen molar-refractivity contribution in [3.8, 4) is 0 Å². The van der Waals surface area contributed by atoms with Gasteiger partial charge in [0, 0.05) is 16.2 Å². The lowest BCUT2D eigenvalue weighted by molar-refractivity contribution is 0.453. The number of fused-ring (bicyclic) bond motifs is 1. The normalized spacial score (nSPS) is 32.7. The highest BCUT2D eigenvalue weighted by Crippen LogP contribution is 2.42. The molecule has 1 aliphatic heterocycles. The average molecular weight is 193 g/mol. The summed E-state index contributed by atoms with van der Waals surface area (Å²) in [7, 11) is 0. The zero-order valence-electron chi connectivity index (χ0n) is 8.03. The summed E-state index contributed by atoms with van der Waals surface area (Å²) < 4.78 is 0. The van der Waals surface area contributed by atoms with Crippen LogP contribution in [0.4, 0.5) is 0 Å². The molecule has 3 atom stereocenters. The molecular weight excluding hydrogens is 178 g/mol. The van der Waals surface area contributed by atoms with Crippen molar-refractivity contribution < 1.29 is 0 Å². The van der Waals surface area contributed by atoms with E-state index in [2.05, 4.69) is 38.1 Å². The largest absolute Gasteiger partial charge is 0.324 e. The van der Waals surface area contributed by atoms with Gasteiger partial charge in [0.2, 0.25) is 0 Å². The predicted octanol–water partition coefficient (Wildman–Crippen LogP) is 2.82. The third-order valence-corrected chi connectivity index (χ3v) is 4.32. The minimum Gasteiger partial charge on any atom is -0.324 e. The molecule has 0 spiro atoms. The molecule has 0 radical (unpaired) electrons. The molecule has 2 heteroatoms. The van der Waals surface area contributed by atoms with Gasteiger partial charge >= 0.3 is 0 Å². The van der Waals surface area contributed by atoms with Crippen LogP contribution in [0, 0.1) is 5.92 Å². The smallest absolute Gasteiger partial charge is 0.0342 e. The van der Waals surface area contributed by atoms with Crippen LogP contribution < -0.4 is 5.73 Å². The van der Waals surface area contributed by atoms with Gasteiger partial charge in [-0.1, -0.05) is 32.0 Å². The Kier molecular flexibility index (Phi) is 2.35. The van der Waals surface area contributed by atoms with E-state index in [0.717, 1.165) is 0 Å². The molecule has 0 saturated carbocycles. The van der Waals surface area contributed by atoms with E-state index < -0.39 is 0 Å². The third kappa shape index (κ3) is 1.49. The first-order valence-electron chi connectivity index (χ1n) is 4.71. The fourth-order valence-electron chi connectivity index (χ4n) is 1.75. The zero-order chi connectivity index (χ0) is 9.42. The molecule has 1 nitrogen and oxygen atoms in total. The Bertz CT molecular complexity index is 311. The number of hydrogen-bond donors (Lipinski definition) is 1. The van der Waals surface area contributed by atoms with Gasteiger partial charge in [-0.25, -0.2) is 0 Å². The highest BCUT2D eigenvalue weighted by Gasteiger charge is 2.28. The van der Waals surface area contributed by atoms with Crippen LogP contribution in [0.1, 0.15) is 25.5 Å². The molecule has 1 aliphatic rings. The minimum atomic E-state index is 0.215. The second kappa shape index (κ2) is 3.35. The Hall–Kier alpha value is -0.470. The van der Waals surface area contributed by atoms with E-state index in [4.69, 9.17) is 5.73 Å². The first-order chi connectivity index (χ1) is 6.20. The second-order valence-corrected chi connectivity index (χ2v) is 5.16. The number of benzene rings is 1. The molecule has 0 saturated heterocycles. The van der Waals surface area contributed by atoms with Crippen LogP contribution in [0.15, 0.2) is 29.2 Å². The number of nitrogens with two attached hydrogens (primary N) is 1. The molecule has 70 valence electrons. The summed E-state index contributed by atoms with van der Waals surface area (Å²) in [5, 5.41) is 0.630. The van der Waals surface area contributed by atoms with Crippen molar-refractivity contribution in [3.63, 3.8) is 0 Å². The van der Waals surface area contributed by atoms with Crippen molar-refractivity contribution >= 4 is 11.8 Å². The maximum absolute atomic E-state index is 6.17. The Balaban J connectivity index is 2.43. The SMILES string of the molecule is CC1Sc2ccccc2C(N)C1C. The van der Waals surface area contributed by atoms with Crippen LogP contribution in [0.2, 0.25) is 0 Å². The van der Waals surface area contributed by atoms with Gasteiger partial charge in [-0.15, -0.1) is 11.8 Å². The molecule has 2 N–H and O–H groups in total. The van der Waals surface area contributed by atoms with Crippen LogP contribution in [-0.4, -0.2) is 5.25 Å². The maximum Gasteiger partial charge on any atom is 0.0342 e. The van der Waals surface area contributed by atoms with Gasteiger partial charge in [0.05, 0.1) is 0 Å². The summed E-state index contributed by atoms with van der Waals surface area (Å²) in [4.78, 5) is 1.36. The standard InChI is InChI=1S/C11H15NS/c1-7-8(2)13-10-6-4-3-5-9(10)11(7)12/h3-8,11H,12H2,1-2H3. The highest BCUT2D eigenvalue weighted by atomic mass is 32.2. The number of rotatable bonds is 0. The van der Waals surface area contributed by atoms with Gasteiger partial charge in [0.1, 0.15) is 0 Å². The van der Waals surface area contributed by atoms with Gasteiger partial charge in [-0.3, -0.25) is 0 Å². The summed E-state index contributed by atoms with van der Waals surface area (Å²) in [5.41, 5.74) is 7.48. The van der Waals surface area contributed by atoms with Gasteiger partial charge in [0.25, 0.3) is 0 Å². The molecule has 3 unspecified atom stereocenters. The van der Waals surface area contributed by atoms with Gasteiger partial charge in [-0.05, 0) is 17.5 Å². The minimum absolute atomic E-state index is 0.215. The molecule has 0 aromatic heterocycles. The first-order valence-corrected chi connectivity index (χ1v) is 5.59. The molecule has 2 rings (SSSR count). The van der Waals surface area contributed by atoms with Crippen molar-refractivity contribution in [1.29, 1.82) is 0 Å². The van der Waals surface area contributed by atoms with E-state index >= 15 is 0 Å². The summed E-state index contributed by atoms with van der Waals surface area (Å²) in [6.07, 6.45) is 0. The lowest BCUT2D eigenvalue weighted by Gasteiger charge is -2.32. The van der Waals surface area contributed by atoms with E-state index in [-0.39, 0.29) is 6.04 Å². The van der Waals surface area contributed by atoms with Crippen LogP contribution >= 0.6 is 11.8 Å². The third-order valence-electron chi connectivity index (χ3n) is 2.90. The Labute approximate surface area is 83.7 Å². The highest BCUT2D eigenvalue weighted by molar-refractivity contribution is 8.00. The van der Waals surface area contributed by atoms with Gasteiger partial charge in [-0.2, -0.15) is 0 Å². The van der Waals surface area contributed by atoms with Crippen LogP contribution in [0.5, 0.6) is 0 Å². The Morgan fingerprint density at radius 2 is 1.92 bits per heavy atom. The van der Waals surface area contributed by atoms with E-state index in [1.165, 1.54) is 10.5 Å². The molecule has 13 heavy (non-hydrogen) atoms. The van der Waals surface area contributed by atoms with Gasteiger partial charge < -0.3 is 5.73 Å². The van der Waals surface area contributed by atoms with E-state index in [0.29, 0.717) is 11.2 Å². The summed E-state index contributed by atoms with van der Waals surface area (Å²) in [6.45, 7) is 4.49. The van der Waals surface area contributed by atoms with Crippen molar-refractivity contribution in [2.24, 2.45) is 11.7 Å². The lowest BCUT2D eigenvalue weighted by atomic mass is 9.92. The lowest BCUT2D eigenvalue weighted by Crippen LogP contribution is -2.29. The molecular formula is C11H15NS. The Morgan fingerprint density at radius 3 is 2.69 bits per heavy atom. The van der Waals surface area contributed by atoms with Crippen molar-refractivity contribution in [3.05, 3.63) is 29.8 Å². The average Bonchev–Trinajstić information content (AvgIpc) is 2.15.